The van der Waals surface area contributed by atoms with Gasteiger partial charge in [0.2, 0.25) is 0 Å². The van der Waals surface area contributed by atoms with E-state index in [9.17, 15) is 13.6 Å². The van der Waals surface area contributed by atoms with Crippen LogP contribution in [0, 0.1) is 11.6 Å². The van der Waals surface area contributed by atoms with Crippen molar-refractivity contribution in [3.63, 3.8) is 0 Å². The van der Waals surface area contributed by atoms with Gasteiger partial charge in [0.1, 0.15) is 12.2 Å². The fourth-order valence-corrected chi connectivity index (χ4v) is 5.01. The van der Waals surface area contributed by atoms with Crippen LogP contribution in [-0.2, 0) is 0 Å². The van der Waals surface area contributed by atoms with Gasteiger partial charge in [0, 0.05) is 54.2 Å². The van der Waals surface area contributed by atoms with Crippen LogP contribution < -0.4 is 10.2 Å². The fraction of sp³-hybridized carbons (Fsp3) is 0.143. The molecule has 2 amide bonds. The maximum absolute atomic E-state index is 13.5. The third kappa shape index (κ3) is 4.91. The SMILES string of the molecule is O=C(Nc1ccc(F)c(F)c1)N1CCN(c2ncnc3c2nc(-c2ccccc2Cl)n3-c2ccc(Cl)cc2)CC1. The van der Waals surface area contributed by atoms with Crippen molar-refractivity contribution < 1.29 is 13.6 Å². The van der Waals surface area contributed by atoms with Gasteiger partial charge in [-0.15, -0.1) is 0 Å². The molecule has 1 aliphatic rings. The summed E-state index contributed by atoms with van der Waals surface area (Å²) in [6.45, 7) is 1.73. The summed E-state index contributed by atoms with van der Waals surface area (Å²) in [5, 5.41) is 3.77. The zero-order valence-electron chi connectivity index (χ0n) is 20.9. The molecule has 40 heavy (non-hydrogen) atoms. The average Bonchev–Trinajstić information content (AvgIpc) is 3.35. The fourth-order valence-electron chi connectivity index (χ4n) is 4.67. The largest absolute Gasteiger partial charge is 0.351 e. The number of halogens is 4. The summed E-state index contributed by atoms with van der Waals surface area (Å²) < 4.78 is 28.7. The van der Waals surface area contributed by atoms with Crippen molar-refractivity contribution >= 4 is 51.9 Å². The summed E-state index contributed by atoms with van der Waals surface area (Å²) in [5.41, 5.74) is 2.92. The standard InChI is InChI=1S/C28H21Cl2F2N7O/c29-17-5-8-19(9-6-17)39-25(20-3-1-2-4-21(20)30)36-24-26(33-16-34-27(24)39)37-11-13-38(14-12-37)28(40)35-18-7-10-22(31)23(32)15-18/h1-10,15-16H,11-14H2,(H,35,40). The second-order valence-electron chi connectivity index (χ2n) is 9.13. The van der Waals surface area contributed by atoms with E-state index in [0.717, 1.165) is 23.4 Å². The minimum absolute atomic E-state index is 0.184. The zero-order chi connectivity index (χ0) is 27.8. The molecule has 5 aromatic rings. The smallest absolute Gasteiger partial charge is 0.321 e. The van der Waals surface area contributed by atoms with Gasteiger partial charge in [-0.3, -0.25) is 4.57 Å². The molecule has 2 aromatic heterocycles. The number of hydrogen-bond donors (Lipinski definition) is 1. The van der Waals surface area contributed by atoms with Crippen molar-refractivity contribution in [2.24, 2.45) is 0 Å². The Morgan fingerprint density at radius 3 is 2.35 bits per heavy atom. The number of piperazine rings is 1. The first-order chi connectivity index (χ1) is 19.4. The third-order valence-corrected chi connectivity index (χ3v) is 7.24. The number of urea groups is 1. The number of amides is 2. The van der Waals surface area contributed by atoms with E-state index < -0.39 is 17.7 Å². The summed E-state index contributed by atoms with van der Waals surface area (Å²) >= 11 is 12.7. The van der Waals surface area contributed by atoms with E-state index in [-0.39, 0.29) is 5.69 Å². The Bertz CT molecular complexity index is 1720. The molecule has 0 atom stereocenters. The quantitative estimate of drug-likeness (QED) is 0.266. The summed E-state index contributed by atoms with van der Waals surface area (Å²) in [7, 11) is 0. The van der Waals surface area contributed by atoms with Crippen molar-refractivity contribution in [1.82, 2.24) is 24.4 Å². The van der Waals surface area contributed by atoms with Crippen LogP contribution in [0.15, 0.2) is 73.1 Å². The van der Waals surface area contributed by atoms with Crippen molar-refractivity contribution in [2.45, 2.75) is 0 Å². The lowest BCUT2D eigenvalue weighted by Gasteiger charge is -2.35. The first kappa shape index (κ1) is 26.0. The normalized spacial score (nSPS) is 13.6. The molecule has 0 spiro atoms. The number of benzene rings is 3. The Kier molecular flexibility index (Phi) is 6.95. The number of anilines is 2. The molecule has 6 rings (SSSR count). The molecule has 1 N–H and O–H groups in total. The molecule has 0 bridgehead atoms. The highest BCUT2D eigenvalue weighted by atomic mass is 35.5. The van der Waals surface area contributed by atoms with Gasteiger partial charge in [-0.1, -0.05) is 35.3 Å². The molecule has 202 valence electrons. The van der Waals surface area contributed by atoms with Crippen LogP contribution in [0.2, 0.25) is 10.0 Å². The Morgan fingerprint density at radius 1 is 0.875 bits per heavy atom. The lowest BCUT2D eigenvalue weighted by molar-refractivity contribution is 0.208. The van der Waals surface area contributed by atoms with Gasteiger partial charge in [-0.25, -0.2) is 28.5 Å². The predicted molar refractivity (Wildman–Crippen MR) is 151 cm³/mol. The summed E-state index contributed by atoms with van der Waals surface area (Å²) in [5.74, 6) is -0.760. The minimum Gasteiger partial charge on any atom is -0.351 e. The van der Waals surface area contributed by atoms with Crippen LogP contribution >= 0.6 is 23.2 Å². The number of nitrogens with one attached hydrogen (secondary N) is 1. The molecule has 1 saturated heterocycles. The van der Waals surface area contributed by atoms with Gasteiger partial charge >= 0.3 is 6.03 Å². The molecule has 3 aromatic carbocycles. The molecular formula is C28H21Cl2F2N7O. The number of rotatable bonds is 4. The van der Waals surface area contributed by atoms with E-state index in [2.05, 4.69) is 15.3 Å². The lowest BCUT2D eigenvalue weighted by atomic mass is 10.2. The van der Waals surface area contributed by atoms with Crippen LogP contribution in [0.1, 0.15) is 0 Å². The number of aromatic nitrogens is 4. The number of imidazole rings is 1. The highest BCUT2D eigenvalue weighted by Crippen LogP contribution is 2.35. The molecule has 3 heterocycles. The topological polar surface area (TPSA) is 79.2 Å². The number of nitrogens with zero attached hydrogens (tertiary/aromatic N) is 6. The van der Waals surface area contributed by atoms with Gasteiger partial charge in [-0.05, 0) is 48.5 Å². The monoisotopic (exact) mass is 579 g/mol. The number of fused-ring (bicyclic) bond motifs is 1. The van der Waals surface area contributed by atoms with Crippen molar-refractivity contribution in [3.8, 4) is 17.1 Å². The molecule has 1 aliphatic heterocycles. The average molecular weight is 580 g/mol. The van der Waals surface area contributed by atoms with E-state index in [4.69, 9.17) is 28.2 Å². The van der Waals surface area contributed by atoms with Crippen LogP contribution in [-0.4, -0.2) is 56.6 Å². The predicted octanol–water partition coefficient (Wildman–Crippen LogP) is 6.42. The lowest BCUT2D eigenvalue weighted by Crippen LogP contribution is -2.50. The summed E-state index contributed by atoms with van der Waals surface area (Å²) in [4.78, 5) is 30.5. The number of carbonyl (C=O) groups is 1. The molecule has 0 unspecified atom stereocenters. The van der Waals surface area contributed by atoms with Gasteiger partial charge < -0.3 is 15.1 Å². The van der Waals surface area contributed by atoms with Crippen LogP contribution in [0.3, 0.4) is 0 Å². The molecule has 8 nitrogen and oxygen atoms in total. The van der Waals surface area contributed by atoms with Crippen LogP contribution in [0.5, 0.6) is 0 Å². The molecule has 1 fully saturated rings. The van der Waals surface area contributed by atoms with Crippen molar-refractivity contribution in [1.29, 1.82) is 0 Å². The Labute approximate surface area is 237 Å². The second kappa shape index (κ2) is 10.7. The first-order valence-corrected chi connectivity index (χ1v) is 13.1. The van der Waals surface area contributed by atoms with E-state index in [0.29, 0.717) is 59.0 Å². The Hall–Kier alpha value is -4.28. The Morgan fingerprint density at radius 2 is 1.62 bits per heavy atom. The molecule has 0 aliphatic carbocycles. The van der Waals surface area contributed by atoms with Crippen LogP contribution in [0.4, 0.5) is 25.1 Å². The van der Waals surface area contributed by atoms with Crippen molar-refractivity contribution in [3.05, 3.63) is 94.7 Å². The molecule has 0 saturated carbocycles. The van der Waals surface area contributed by atoms with Crippen LogP contribution in [0.25, 0.3) is 28.2 Å². The summed E-state index contributed by atoms with van der Waals surface area (Å²) in [6.07, 6.45) is 1.49. The molecule has 12 heteroatoms. The van der Waals surface area contributed by atoms with Gasteiger partial charge in [0.05, 0.1) is 5.02 Å². The Balaban J connectivity index is 1.30. The van der Waals surface area contributed by atoms with E-state index >= 15 is 0 Å². The minimum atomic E-state index is -1.02. The number of hydrogen-bond acceptors (Lipinski definition) is 5. The molecule has 0 radical (unpaired) electrons. The highest BCUT2D eigenvalue weighted by molar-refractivity contribution is 6.33. The summed E-state index contributed by atoms with van der Waals surface area (Å²) in [6, 6.07) is 17.7. The highest BCUT2D eigenvalue weighted by Gasteiger charge is 2.27. The van der Waals surface area contributed by atoms with Gasteiger partial charge in [0.25, 0.3) is 0 Å². The third-order valence-electron chi connectivity index (χ3n) is 6.66. The maximum Gasteiger partial charge on any atom is 0.321 e. The van der Waals surface area contributed by atoms with E-state index in [1.807, 2.05) is 39.8 Å². The van der Waals surface area contributed by atoms with Crippen molar-refractivity contribution in [2.75, 3.05) is 36.4 Å². The number of carbonyl (C=O) groups excluding carboxylic acids is 1. The molecular weight excluding hydrogens is 559 g/mol. The van der Waals surface area contributed by atoms with Gasteiger partial charge in [-0.2, -0.15) is 0 Å². The van der Waals surface area contributed by atoms with E-state index in [1.165, 1.54) is 12.4 Å². The zero-order valence-corrected chi connectivity index (χ0v) is 22.4. The second-order valence-corrected chi connectivity index (χ2v) is 9.97. The first-order valence-electron chi connectivity index (χ1n) is 12.4. The van der Waals surface area contributed by atoms with Gasteiger partial charge in [0.15, 0.2) is 28.6 Å². The van der Waals surface area contributed by atoms with E-state index in [1.54, 1.807) is 23.1 Å². The maximum atomic E-state index is 13.5.